The molecule has 3 saturated carbocycles. The van der Waals surface area contributed by atoms with E-state index < -0.39 is 210 Å². The topological polar surface area (TPSA) is 279 Å². The fraction of sp³-hybridized carbons (Fsp3) is 0.654. The van der Waals surface area contributed by atoms with Crippen molar-refractivity contribution < 1.29 is 84.2 Å². The number of aryl methyl sites for hydroxylation is 1. The van der Waals surface area contributed by atoms with E-state index in [2.05, 4.69) is 16.0 Å². The number of hydrogen-bond acceptors (Lipinski definition) is 13. The molecule has 7 aliphatic heterocycles. The van der Waals surface area contributed by atoms with Gasteiger partial charge in [-0.2, -0.15) is 13.2 Å². The Morgan fingerprint density at radius 2 is 1.30 bits per heavy atom. The highest BCUT2D eigenvalue weighted by atomic mass is 19.4. The predicted molar refractivity (Wildman–Crippen MR) is 400 cm³/mol. The number of rotatable bonds is 10. The molecule has 3 aliphatic carbocycles. The number of hydrogen-bond donors (Lipinski definition) is 3. The molecular weight excluding hydrogens is 1440 g/mol. The summed E-state index contributed by atoms with van der Waals surface area (Å²) in [7, 11) is 7.07. The SMILES string of the molecule is CCO[C@@H]1C[C@H]2C(=O)NC3(CC(C)(C)C3)C(=O)N(C)[C@@H](C3CCCC3)C(=O)N(C)[C@H](C(=O)N3CCCC3)CC(=O)N(C)[C@H]3CCCC=Cc4ccc(cc4)C[C@@H](C(=O)N(C)CC(=O)N[C@@H](CCc4cc(F)c(C(F)(F)F)c(F)c4)C(=O)N2C1)N1CC/C=C\C[C@@H](C1=O)N(C)C(=O)CN(C1CC1)C(=O)[C@H]([C@@H](C)CC)NC3=O. The van der Waals surface area contributed by atoms with Crippen LogP contribution in [0.15, 0.2) is 54.6 Å². The van der Waals surface area contributed by atoms with Crippen molar-refractivity contribution in [2.75, 3.05) is 81.1 Å². The van der Waals surface area contributed by atoms with Crippen molar-refractivity contribution in [1.82, 2.24) is 60.0 Å². The Morgan fingerprint density at radius 1 is 0.640 bits per heavy atom. The Hall–Kier alpha value is -8.83. The fourth-order valence-corrected chi connectivity index (χ4v) is 17.6. The zero-order valence-electron chi connectivity index (χ0n) is 65.7. The third kappa shape index (κ3) is 19.6. The summed E-state index contributed by atoms with van der Waals surface area (Å²) in [4.78, 5) is 197. The average Bonchev–Trinajstić information content (AvgIpc) is 1.27. The van der Waals surface area contributed by atoms with Crippen molar-refractivity contribution in [3.63, 3.8) is 0 Å². The van der Waals surface area contributed by atoms with Gasteiger partial charge in [0.15, 0.2) is 0 Å². The Morgan fingerprint density at radius 3 is 1.92 bits per heavy atom. The molecule has 0 aromatic heterocycles. The average molecular weight is 1560 g/mol. The number of likely N-dealkylation sites (N-methyl/N-ethyl adjacent to an activating group) is 5. The number of halogens is 5. The van der Waals surface area contributed by atoms with Crippen molar-refractivity contribution in [3.8, 4) is 0 Å². The number of likely N-dealkylation sites (tertiary alicyclic amines) is 1. The van der Waals surface area contributed by atoms with E-state index in [4.69, 9.17) is 4.74 Å². The molecule has 2 aromatic carbocycles. The van der Waals surface area contributed by atoms with Gasteiger partial charge in [-0.25, -0.2) is 8.78 Å². The number of nitrogens with one attached hydrogen (secondary N) is 3. The smallest absolute Gasteiger partial charge is 0.377 e. The third-order valence-corrected chi connectivity index (χ3v) is 24.0. The molecule has 7 heterocycles. The molecule has 608 valence electrons. The monoisotopic (exact) mass is 1550 g/mol. The molecule has 0 unspecified atom stereocenters. The molecule has 10 aliphatic rings. The minimum atomic E-state index is -5.42. The van der Waals surface area contributed by atoms with Crippen LogP contribution >= 0.6 is 0 Å². The highest BCUT2D eigenvalue weighted by Crippen LogP contribution is 2.50. The highest BCUT2D eigenvalue weighted by molar-refractivity contribution is 6.01. The Balaban J connectivity index is 1.10. The molecule has 12 amide bonds. The minimum Gasteiger partial charge on any atom is -0.377 e. The van der Waals surface area contributed by atoms with Crippen LogP contribution in [0, 0.1) is 28.9 Å². The zero-order chi connectivity index (χ0) is 80.7. The van der Waals surface area contributed by atoms with E-state index in [9.17, 15) is 18.0 Å². The molecule has 2 aromatic rings. The van der Waals surface area contributed by atoms with Crippen LogP contribution in [0.3, 0.4) is 0 Å². The molecule has 1 spiro atoms. The van der Waals surface area contributed by atoms with Gasteiger partial charge in [0.2, 0.25) is 70.9 Å². The largest absolute Gasteiger partial charge is 0.422 e. The molecule has 3 N–H and O–H groups in total. The Kier molecular flexibility index (Phi) is 27.4. The molecule has 0 radical (unpaired) electrons. The van der Waals surface area contributed by atoms with E-state index in [1.165, 1.54) is 64.6 Å². The number of nitrogens with zero attached hydrogens (tertiary/aromatic N) is 9. The number of benzene rings is 2. The van der Waals surface area contributed by atoms with Gasteiger partial charge in [0.1, 0.15) is 77.6 Å². The predicted octanol–water partition coefficient (Wildman–Crippen LogP) is 6.57. The molecule has 2 saturated heterocycles. The van der Waals surface area contributed by atoms with Crippen LogP contribution < -0.4 is 16.0 Å². The van der Waals surface area contributed by atoms with Crippen LogP contribution in [0.1, 0.15) is 179 Å². The number of allylic oxidation sites excluding steroid dienone is 1. The number of ether oxygens (including phenoxy) is 1. The van der Waals surface area contributed by atoms with E-state index >= 15 is 61.5 Å². The molecular formula is C81H111F5N12O13. The second-order valence-electron chi connectivity index (χ2n) is 32.7. The lowest BCUT2D eigenvalue weighted by atomic mass is 9.58. The highest BCUT2D eigenvalue weighted by Gasteiger charge is 2.59. The number of alkyl halides is 3. The lowest BCUT2D eigenvalue weighted by Crippen LogP contribution is -2.71. The fourth-order valence-electron chi connectivity index (χ4n) is 17.6. The minimum absolute atomic E-state index is 0.0183. The quantitative estimate of drug-likeness (QED) is 0.129. The Bertz CT molecular complexity index is 3850. The van der Waals surface area contributed by atoms with Gasteiger partial charge in [0.25, 0.3) is 0 Å². The normalized spacial score (nSPS) is 28.1. The molecule has 6 bridgehead atoms. The van der Waals surface area contributed by atoms with Gasteiger partial charge in [0, 0.05) is 86.9 Å². The first-order valence-corrected chi connectivity index (χ1v) is 39.6. The van der Waals surface area contributed by atoms with Crippen molar-refractivity contribution in [2.45, 2.75) is 242 Å². The summed E-state index contributed by atoms with van der Waals surface area (Å²) >= 11 is 0. The van der Waals surface area contributed by atoms with Crippen LogP contribution in [0.5, 0.6) is 0 Å². The summed E-state index contributed by atoms with van der Waals surface area (Å²) in [5.41, 5.74) is -3.51. The van der Waals surface area contributed by atoms with Gasteiger partial charge in [-0.1, -0.05) is 95.5 Å². The van der Waals surface area contributed by atoms with E-state index in [0.29, 0.717) is 101 Å². The molecule has 111 heavy (non-hydrogen) atoms. The van der Waals surface area contributed by atoms with Gasteiger partial charge < -0.3 is 64.8 Å². The maximum Gasteiger partial charge on any atom is 0.422 e. The molecule has 5 fully saturated rings. The van der Waals surface area contributed by atoms with E-state index in [-0.39, 0.29) is 70.2 Å². The van der Waals surface area contributed by atoms with Crippen molar-refractivity contribution in [2.24, 2.45) is 17.3 Å². The van der Waals surface area contributed by atoms with E-state index in [0.717, 1.165) is 15.4 Å². The van der Waals surface area contributed by atoms with Gasteiger partial charge in [-0.05, 0) is 149 Å². The van der Waals surface area contributed by atoms with Crippen LogP contribution in [-0.2, 0) is 81.3 Å². The molecule has 30 heteroatoms. The standard InChI is InChI=1S/C81H111F5N12O13/c1-11-49(3)68-76(108)97(54-33-34-54)46-66(101)92(8)60-27-17-14-20-38-96(75(60)107)63-41-51-30-28-50(29-31-51)23-15-13-16-26-59(70(102)88-68)91(7)65(100)43-62(74(106)95-36-21-22-37-95)93(9)77(109)69(53-24-18-19-25-53)94(10)78(110)80(47-79(4,5)48-80)89-71(103)61-42-55(111-12-2)44-98(61)72(104)58(87-64(99)45-90(6)73(63)105)35-32-52-39-56(82)67(57(83)40-52)81(84,85)86/h14-15,17,23,28-31,39-40,49,53-55,58-63,68-69H,11-13,16,18-22,24-27,32-38,41-48H2,1-10H3,(H,87,99)(H,88,102)(H,89,103)/b17-14-,23-15?/t49-,55+,58-,59-,60-,61-,62-,63-,68-,69-/m0/s1. The van der Waals surface area contributed by atoms with Crippen LogP contribution in [0.2, 0.25) is 0 Å². The molecule has 10 atom stereocenters. The van der Waals surface area contributed by atoms with Crippen molar-refractivity contribution >= 4 is 77.0 Å². The van der Waals surface area contributed by atoms with Crippen molar-refractivity contribution in [1.29, 1.82) is 0 Å². The van der Waals surface area contributed by atoms with Gasteiger partial charge >= 0.3 is 6.18 Å². The molecule has 12 rings (SSSR count). The van der Waals surface area contributed by atoms with Crippen molar-refractivity contribution in [3.05, 3.63) is 88.5 Å². The van der Waals surface area contributed by atoms with Crippen LogP contribution in [0.25, 0.3) is 6.08 Å². The maximum absolute atomic E-state index is 15.9. The van der Waals surface area contributed by atoms with Gasteiger partial charge in [-0.3, -0.25) is 57.5 Å². The van der Waals surface area contributed by atoms with Gasteiger partial charge in [0.05, 0.1) is 19.1 Å². The van der Waals surface area contributed by atoms with E-state index in [1.807, 2.05) is 39.0 Å². The summed E-state index contributed by atoms with van der Waals surface area (Å²) in [6.45, 7) is 8.23. The molecule has 25 nitrogen and oxygen atoms in total. The number of fused-ring (bicyclic) bond motifs is 22. The number of carbonyl (C=O) groups excluding carboxylic acids is 12. The van der Waals surface area contributed by atoms with Gasteiger partial charge in [-0.15, -0.1) is 0 Å². The lowest BCUT2D eigenvalue weighted by molar-refractivity contribution is -0.161. The Labute approximate surface area is 647 Å². The summed E-state index contributed by atoms with van der Waals surface area (Å²) in [5.74, 6) is -13.4. The van der Waals surface area contributed by atoms with Crippen LogP contribution in [-0.4, -0.2) is 262 Å². The second-order valence-corrected chi connectivity index (χ2v) is 32.7. The third-order valence-electron chi connectivity index (χ3n) is 24.0. The number of amides is 12. The second kappa shape index (κ2) is 35.9. The number of carbonyl (C=O) groups is 12. The maximum atomic E-state index is 15.9. The first-order valence-electron chi connectivity index (χ1n) is 39.6. The summed E-state index contributed by atoms with van der Waals surface area (Å²) in [5, 5.41) is 8.72. The first kappa shape index (κ1) is 84.6. The summed E-state index contributed by atoms with van der Waals surface area (Å²) in [6.07, 6.45) is 5.28. The first-order chi connectivity index (χ1) is 52.6. The summed E-state index contributed by atoms with van der Waals surface area (Å²) < 4.78 is 78.5. The zero-order valence-corrected chi connectivity index (χ0v) is 65.7. The van der Waals surface area contributed by atoms with E-state index in [1.54, 1.807) is 49.1 Å². The summed E-state index contributed by atoms with van der Waals surface area (Å²) in [6, 6.07) is -3.38. The lowest BCUT2D eigenvalue weighted by Gasteiger charge is -2.54. The van der Waals surface area contributed by atoms with Crippen LogP contribution in [0.4, 0.5) is 22.0 Å².